The molecule has 4 rings (SSSR count). The lowest BCUT2D eigenvalue weighted by molar-refractivity contribution is -0.200. The molecule has 0 heterocycles. The Balaban J connectivity index is 1.63. The highest BCUT2D eigenvalue weighted by molar-refractivity contribution is 5.95. The third kappa shape index (κ3) is 3.81. The summed E-state index contributed by atoms with van der Waals surface area (Å²) in [5.74, 6) is -0.627. The predicted molar refractivity (Wildman–Crippen MR) is 136 cm³/mol. The highest BCUT2D eigenvalue weighted by Gasteiger charge is 2.76. The van der Waals surface area contributed by atoms with Gasteiger partial charge in [0.1, 0.15) is 6.10 Å². The van der Waals surface area contributed by atoms with Crippen molar-refractivity contribution in [1.82, 2.24) is 0 Å². The third-order valence-corrected chi connectivity index (χ3v) is 9.53. The molecule has 5 heteroatoms. The summed E-state index contributed by atoms with van der Waals surface area (Å²) < 4.78 is 5.80. The molecule has 0 saturated heterocycles. The predicted octanol–water partition coefficient (Wildman–Crippen LogP) is 5.09. The Kier molecular flexibility index (Phi) is 6.82. The number of ketones is 1. The number of Topliss-reactive ketones (excluding diaryl/α,β-unsaturated/α-hetero) is 1. The zero-order chi connectivity index (χ0) is 25.8. The van der Waals surface area contributed by atoms with E-state index in [1.165, 1.54) is 12.5 Å². The first kappa shape index (κ1) is 26.1. The van der Waals surface area contributed by atoms with Crippen LogP contribution in [0.15, 0.2) is 47.6 Å². The van der Waals surface area contributed by atoms with E-state index in [0.29, 0.717) is 17.1 Å². The van der Waals surface area contributed by atoms with E-state index in [1.807, 2.05) is 31.2 Å². The number of rotatable bonds is 7. The summed E-state index contributed by atoms with van der Waals surface area (Å²) in [7, 11) is 0. The number of aliphatic hydroxyl groups excluding tert-OH is 1. The van der Waals surface area contributed by atoms with Gasteiger partial charge in [-0.1, -0.05) is 70.9 Å². The van der Waals surface area contributed by atoms with Gasteiger partial charge < -0.3 is 14.9 Å². The zero-order valence-corrected chi connectivity index (χ0v) is 22.1. The maximum absolute atomic E-state index is 14.3. The van der Waals surface area contributed by atoms with Crippen LogP contribution in [0.1, 0.15) is 73.6 Å². The minimum Gasteiger partial charge on any atom is -0.451 e. The van der Waals surface area contributed by atoms with Gasteiger partial charge in [-0.2, -0.15) is 0 Å². The SMILES string of the molecule is CCCCC/C=C\C=C\C(=O)O[C@H]1C(C)=C[C@]23C(=O)[C@@H](C=C(C)[C@@H](O)[C@]12O)[C@H]1[C@@H](C[C@H]3C)C1(C)C. The number of unbranched alkanes of at least 4 members (excludes halogenated alkanes) is 3. The fraction of sp³-hybridized carbons (Fsp3) is 0.667. The van der Waals surface area contributed by atoms with Gasteiger partial charge in [0.2, 0.25) is 0 Å². The molecule has 35 heavy (non-hydrogen) atoms. The van der Waals surface area contributed by atoms with Gasteiger partial charge in [-0.15, -0.1) is 0 Å². The first-order valence-corrected chi connectivity index (χ1v) is 13.3. The van der Waals surface area contributed by atoms with E-state index in [2.05, 4.69) is 20.8 Å². The van der Waals surface area contributed by atoms with Crippen LogP contribution in [0.3, 0.4) is 0 Å². The van der Waals surface area contributed by atoms with Gasteiger partial charge in [-0.25, -0.2) is 4.79 Å². The summed E-state index contributed by atoms with van der Waals surface area (Å²) in [5.41, 5.74) is -2.00. The van der Waals surface area contributed by atoms with Crippen molar-refractivity contribution in [1.29, 1.82) is 0 Å². The van der Waals surface area contributed by atoms with Crippen molar-refractivity contribution in [2.45, 2.75) is 91.5 Å². The van der Waals surface area contributed by atoms with Crippen molar-refractivity contribution < 1.29 is 24.5 Å². The largest absolute Gasteiger partial charge is 0.451 e. The first-order valence-electron chi connectivity index (χ1n) is 13.3. The number of allylic oxidation sites excluding steroid dienone is 4. The third-order valence-electron chi connectivity index (χ3n) is 9.53. The van der Waals surface area contributed by atoms with Gasteiger partial charge in [-0.05, 0) is 67.4 Å². The molecule has 0 unspecified atom stereocenters. The molecule has 0 radical (unpaired) electrons. The average molecular weight is 483 g/mol. The molecule has 8 atom stereocenters. The molecule has 0 aromatic carbocycles. The van der Waals surface area contributed by atoms with Crippen LogP contribution in [0.4, 0.5) is 0 Å². The highest BCUT2D eigenvalue weighted by Crippen LogP contribution is 2.71. The maximum Gasteiger partial charge on any atom is 0.331 e. The summed E-state index contributed by atoms with van der Waals surface area (Å²) >= 11 is 0. The molecule has 2 N–H and O–H groups in total. The van der Waals surface area contributed by atoms with Crippen LogP contribution in [-0.2, 0) is 14.3 Å². The molecule has 0 aromatic rings. The number of esters is 1. The number of hydrogen-bond donors (Lipinski definition) is 2. The molecule has 0 amide bonds. The monoisotopic (exact) mass is 482 g/mol. The van der Waals surface area contributed by atoms with Crippen LogP contribution >= 0.6 is 0 Å². The Morgan fingerprint density at radius 1 is 1.20 bits per heavy atom. The number of carbonyl (C=O) groups excluding carboxylic acids is 2. The lowest BCUT2D eigenvalue weighted by Gasteiger charge is -2.48. The molecular weight excluding hydrogens is 440 g/mol. The molecule has 192 valence electrons. The molecular formula is C30H42O5. The zero-order valence-electron chi connectivity index (χ0n) is 22.1. The Morgan fingerprint density at radius 3 is 2.60 bits per heavy atom. The number of ether oxygens (including phenoxy) is 1. The van der Waals surface area contributed by atoms with Crippen molar-refractivity contribution in [3.8, 4) is 0 Å². The van der Waals surface area contributed by atoms with Crippen molar-refractivity contribution in [2.75, 3.05) is 0 Å². The molecule has 4 aliphatic carbocycles. The maximum atomic E-state index is 14.3. The molecule has 4 aliphatic rings. The topological polar surface area (TPSA) is 83.8 Å². The van der Waals surface area contributed by atoms with Gasteiger partial charge in [0.15, 0.2) is 17.5 Å². The number of aliphatic hydroxyl groups is 2. The lowest BCUT2D eigenvalue weighted by Crippen LogP contribution is -2.65. The normalized spacial score (nSPS) is 41.7. The van der Waals surface area contributed by atoms with E-state index in [-0.39, 0.29) is 29.0 Å². The first-order chi connectivity index (χ1) is 16.4. The summed E-state index contributed by atoms with van der Waals surface area (Å²) in [6.45, 7) is 12.1. The quantitative estimate of drug-likeness (QED) is 0.174. The number of fused-ring (bicyclic) bond motifs is 3. The van der Waals surface area contributed by atoms with Crippen molar-refractivity contribution in [3.05, 3.63) is 47.6 Å². The summed E-state index contributed by atoms with van der Waals surface area (Å²) in [6.07, 6.45) is 13.3. The number of carbonyl (C=O) groups is 2. The van der Waals surface area contributed by atoms with Gasteiger partial charge in [-0.3, -0.25) is 4.79 Å². The minimum atomic E-state index is -1.94. The van der Waals surface area contributed by atoms with Gasteiger partial charge >= 0.3 is 5.97 Å². The second kappa shape index (κ2) is 9.15. The Labute approximate surface area is 210 Å². The van der Waals surface area contributed by atoms with E-state index in [1.54, 1.807) is 19.9 Å². The van der Waals surface area contributed by atoms with Gasteiger partial charge in [0.25, 0.3) is 0 Å². The molecule has 2 saturated carbocycles. The van der Waals surface area contributed by atoms with E-state index in [4.69, 9.17) is 4.74 Å². The molecule has 2 fully saturated rings. The Morgan fingerprint density at radius 2 is 1.91 bits per heavy atom. The van der Waals surface area contributed by atoms with Crippen molar-refractivity contribution >= 4 is 11.8 Å². The lowest BCUT2D eigenvalue weighted by atomic mass is 9.59. The summed E-state index contributed by atoms with van der Waals surface area (Å²) in [4.78, 5) is 27.0. The molecule has 0 aliphatic heterocycles. The van der Waals surface area contributed by atoms with E-state index >= 15 is 0 Å². The molecule has 2 bridgehead atoms. The minimum absolute atomic E-state index is 0.0510. The Hall–Kier alpha value is -1.98. The summed E-state index contributed by atoms with van der Waals surface area (Å²) in [5, 5.41) is 23.8. The van der Waals surface area contributed by atoms with Gasteiger partial charge in [0, 0.05) is 12.0 Å². The van der Waals surface area contributed by atoms with Crippen molar-refractivity contribution in [3.63, 3.8) is 0 Å². The van der Waals surface area contributed by atoms with Crippen LogP contribution in [0.2, 0.25) is 0 Å². The standard InChI is InChI=1S/C30H42O5/c1-7-8-9-10-11-12-13-14-23(31)35-27-19(3)17-29-20(4)16-22-24(28(22,5)6)21(26(29)33)15-18(2)25(32)30(27,29)34/h11-15,17,20-22,24-25,27,32,34H,7-10,16H2,1-6H3/b12-11-,14-13+/t20-,21+,22-,24+,25-,27+,29+,30+/m1/s1. The van der Waals surface area contributed by atoms with Gasteiger partial charge in [0.05, 0.1) is 5.41 Å². The Bertz CT molecular complexity index is 1000. The average Bonchev–Trinajstić information content (AvgIpc) is 3.29. The van der Waals surface area contributed by atoms with Crippen LogP contribution in [0, 0.1) is 34.5 Å². The second-order valence-corrected chi connectivity index (χ2v) is 12.0. The van der Waals surface area contributed by atoms with Crippen LogP contribution < -0.4 is 0 Å². The molecule has 0 aromatic heterocycles. The van der Waals surface area contributed by atoms with Crippen LogP contribution in [0.5, 0.6) is 0 Å². The van der Waals surface area contributed by atoms with Crippen LogP contribution in [0.25, 0.3) is 0 Å². The highest BCUT2D eigenvalue weighted by atomic mass is 16.6. The van der Waals surface area contributed by atoms with E-state index in [9.17, 15) is 19.8 Å². The fourth-order valence-corrected chi connectivity index (χ4v) is 7.55. The fourth-order valence-electron chi connectivity index (χ4n) is 7.55. The van der Waals surface area contributed by atoms with Crippen molar-refractivity contribution in [2.24, 2.45) is 34.5 Å². The number of hydrogen-bond acceptors (Lipinski definition) is 5. The van der Waals surface area contributed by atoms with Crippen LogP contribution in [-0.4, -0.2) is 39.8 Å². The molecule has 5 nitrogen and oxygen atoms in total. The molecule has 1 spiro atoms. The van der Waals surface area contributed by atoms with E-state index < -0.39 is 29.2 Å². The summed E-state index contributed by atoms with van der Waals surface area (Å²) in [6, 6.07) is 0. The second-order valence-electron chi connectivity index (χ2n) is 12.0. The van der Waals surface area contributed by atoms with E-state index in [0.717, 1.165) is 25.7 Å². The smallest absolute Gasteiger partial charge is 0.331 e.